The lowest BCUT2D eigenvalue weighted by Gasteiger charge is -2.08. The molecule has 92 valence electrons. The maximum Gasteiger partial charge on any atom is 0.121 e. The van der Waals surface area contributed by atoms with Gasteiger partial charge in [-0.25, -0.2) is 0 Å². The van der Waals surface area contributed by atoms with Crippen LogP contribution in [0.25, 0.3) is 5.57 Å². The van der Waals surface area contributed by atoms with Crippen LogP contribution in [-0.4, -0.2) is 19.4 Å². The number of nitrogens with zero attached hydrogens (tertiary/aromatic N) is 1. The Kier molecular flexibility index (Phi) is 4.76. The third kappa shape index (κ3) is 3.63. The first kappa shape index (κ1) is 13.3. The molecule has 3 heteroatoms. The summed E-state index contributed by atoms with van der Waals surface area (Å²) in [6, 6.07) is 6.24. The van der Waals surface area contributed by atoms with Crippen LogP contribution in [0.2, 0.25) is 0 Å². The smallest absolute Gasteiger partial charge is 0.121 e. The molecule has 0 spiro atoms. The zero-order valence-corrected chi connectivity index (χ0v) is 10.9. The second-order valence-corrected chi connectivity index (χ2v) is 4.18. The molecule has 0 fully saturated rings. The maximum atomic E-state index is 5.63. The van der Waals surface area contributed by atoms with E-state index in [9.17, 15) is 0 Å². The molecule has 0 saturated carbocycles. The Morgan fingerprint density at radius 3 is 2.59 bits per heavy atom. The van der Waals surface area contributed by atoms with Gasteiger partial charge in [0.2, 0.25) is 0 Å². The monoisotopic (exact) mass is 232 g/mol. The van der Waals surface area contributed by atoms with Crippen molar-refractivity contribution >= 4 is 11.8 Å². The first-order valence-corrected chi connectivity index (χ1v) is 5.68. The van der Waals surface area contributed by atoms with Crippen molar-refractivity contribution < 1.29 is 4.74 Å². The maximum absolute atomic E-state index is 5.63. The van der Waals surface area contributed by atoms with E-state index in [0.717, 1.165) is 22.4 Å². The van der Waals surface area contributed by atoms with Gasteiger partial charge in [-0.3, -0.25) is 4.99 Å². The standard InChI is InChI=1S/C14H20N2O/c1-10(2)16-9-13(8-15)12-5-6-14(17-4)11(3)7-12/h5-10H,15H2,1-4H3. The molecular formula is C14H20N2O. The highest BCUT2D eigenvalue weighted by molar-refractivity contribution is 6.09. The number of methoxy groups -OCH3 is 1. The van der Waals surface area contributed by atoms with Crippen LogP contribution in [0.3, 0.4) is 0 Å². The van der Waals surface area contributed by atoms with Gasteiger partial charge in [-0.05, 0) is 44.0 Å². The lowest BCUT2D eigenvalue weighted by atomic mass is 10.0. The highest BCUT2D eigenvalue weighted by Gasteiger charge is 2.03. The van der Waals surface area contributed by atoms with Crippen LogP contribution < -0.4 is 10.5 Å². The zero-order chi connectivity index (χ0) is 12.8. The molecule has 0 saturated heterocycles. The number of hydrogen-bond donors (Lipinski definition) is 1. The van der Waals surface area contributed by atoms with E-state index in [1.807, 2.05) is 45.2 Å². The molecule has 0 unspecified atom stereocenters. The van der Waals surface area contributed by atoms with Crippen molar-refractivity contribution in [2.45, 2.75) is 26.8 Å². The van der Waals surface area contributed by atoms with Gasteiger partial charge >= 0.3 is 0 Å². The van der Waals surface area contributed by atoms with Crippen LogP contribution in [0.15, 0.2) is 29.4 Å². The highest BCUT2D eigenvalue weighted by Crippen LogP contribution is 2.22. The number of aliphatic imine (C=N–C) groups is 1. The summed E-state index contributed by atoms with van der Waals surface area (Å²) in [6.45, 7) is 6.07. The molecule has 17 heavy (non-hydrogen) atoms. The first-order valence-electron chi connectivity index (χ1n) is 5.68. The number of rotatable bonds is 4. The fourth-order valence-electron chi connectivity index (χ4n) is 1.50. The first-order chi connectivity index (χ1) is 8.08. The second kappa shape index (κ2) is 6.09. The number of aryl methyl sites for hydroxylation is 1. The fraction of sp³-hybridized carbons (Fsp3) is 0.357. The van der Waals surface area contributed by atoms with E-state index < -0.39 is 0 Å². The predicted octanol–water partition coefficient (Wildman–Crippen LogP) is 2.78. The molecule has 2 N–H and O–H groups in total. The summed E-state index contributed by atoms with van der Waals surface area (Å²) >= 11 is 0. The second-order valence-electron chi connectivity index (χ2n) is 4.18. The van der Waals surface area contributed by atoms with E-state index in [1.165, 1.54) is 0 Å². The molecule has 0 bridgehead atoms. The van der Waals surface area contributed by atoms with E-state index >= 15 is 0 Å². The van der Waals surface area contributed by atoms with Crippen LogP contribution in [-0.2, 0) is 0 Å². The van der Waals surface area contributed by atoms with Gasteiger partial charge < -0.3 is 10.5 Å². The van der Waals surface area contributed by atoms with Crippen molar-refractivity contribution in [3.05, 3.63) is 35.5 Å². The summed E-state index contributed by atoms with van der Waals surface area (Å²) in [5.74, 6) is 0.880. The van der Waals surface area contributed by atoms with Gasteiger partial charge in [0.25, 0.3) is 0 Å². The van der Waals surface area contributed by atoms with Crippen LogP contribution >= 0.6 is 0 Å². The third-order valence-corrected chi connectivity index (χ3v) is 2.42. The van der Waals surface area contributed by atoms with Crippen molar-refractivity contribution in [3.63, 3.8) is 0 Å². The Hall–Kier alpha value is -1.77. The van der Waals surface area contributed by atoms with Gasteiger partial charge in [-0.1, -0.05) is 6.07 Å². The molecule has 0 aromatic heterocycles. The molecule has 3 nitrogen and oxygen atoms in total. The molecule has 0 heterocycles. The Labute approximate surface area is 103 Å². The van der Waals surface area contributed by atoms with Gasteiger partial charge in [0, 0.05) is 24.0 Å². The SMILES string of the molecule is COc1ccc(C(C=NC(C)C)=CN)cc1C. The minimum atomic E-state index is 0.268. The number of allylic oxidation sites excluding steroid dienone is 1. The number of nitrogens with two attached hydrogens (primary N) is 1. The van der Waals surface area contributed by atoms with Crippen LogP contribution in [0, 0.1) is 6.92 Å². The van der Waals surface area contributed by atoms with Crippen molar-refractivity contribution in [1.29, 1.82) is 0 Å². The Balaban J connectivity index is 3.02. The fourth-order valence-corrected chi connectivity index (χ4v) is 1.50. The lowest BCUT2D eigenvalue weighted by Crippen LogP contribution is -1.96. The van der Waals surface area contributed by atoms with E-state index in [0.29, 0.717) is 0 Å². The molecule has 1 aromatic carbocycles. The molecule has 0 atom stereocenters. The number of benzene rings is 1. The van der Waals surface area contributed by atoms with E-state index in [2.05, 4.69) is 4.99 Å². The van der Waals surface area contributed by atoms with Gasteiger partial charge in [0.05, 0.1) is 7.11 Å². The van der Waals surface area contributed by atoms with Crippen LogP contribution in [0.5, 0.6) is 5.75 Å². The van der Waals surface area contributed by atoms with Crippen LogP contribution in [0.4, 0.5) is 0 Å². The van der Waals surface area contributed by atoms with Gasteiger partial charge in [-0.15, -0.1) is 0 Å². The summed E-state index contributed by atoms with van der Waals surface area (Å²) in [7, 11) is 1.67. The summed E-state index contributed by atoms with van der Waals surface area (Å²) < 4.78 is 5.23. The van der Waals surface area contributed by atoms with Gasteiger partial charge in [0.1, 0.15) is 5.75 Å². The van der Waals surface area contributed by atoms with Crippen LogP contribution in [0.1, 0.15) is 25.0 Å². The summed E-state index contributed by atoms with van der Waals surface area (Å²) in [5, 5.41) is 0. The van der Waals surface area contributed by atoms with Crippen molar-refractivity contribution in [2.24, 2.45) is 10.7 Å². The summed E-state index contributed by atoms with van der Waals surface area (Å²) in [4.78, 5) is 4.34. The zero-order valence-electron chi connectivity index (χ0n) is 10.9. The normalized spacial score (nSPS) is 12.4. The number of ether oxygens (including phenoxy) is 1. The topological polar surface area (TPSA) is 47.6 Å². The average Bonchev–Trinajstić information content (AvgIpc) is 2.29. The number of hydrogen-bond acceptors (Lipinski definition) is 3. The quantitative estimate of drug-likeness (QED) is 0.811. The predicted molar refractivity (Wildman–Crippen MR) is 73.5 cm³/mol. The molecule has 0 amide bonds. The van der Waals surface area contributed by atoms with Gasteiger partial charge in [-0.2, -0.15) is 0 Å². The molecule has 0 aliphatic heterocycles. The highest BCUT2D eigenvalue weighted by atomic mass is 16.5. The Bertz CT molecular complexity index is 434. The van der Waals surface area contributed by atoms with Crippen molar-refractivity contribution in [1.82, 2.24) is 0 Å². The largest absolute Gasteiger partial charge is 0.496 e. The van der Waals surface area contributed by atoms with E-state index in [1.54, 1.807) is 13.3 Å². The van der Waals surface area contributed by atoms with E-state index in [4.69, 9.17) is 10.5 Å². The molecule has 0 aliphatic rings. The minimum absolute atomic E-state index is 0.268. The third-order valence-electron chi connectivity index (χ3n) is 2.42. The molecule has 1 rings (SSSR count). The summed E-state index contributed by atoms with van der Waals surface area (Å²) in [5.41, 5.74) is 8.68. The van der Waals surface area contributed by atoms with E-state index in [-0.39, 0.29) is 6.04 Å². The Morgan fingerprint density at radius 2 is 2.12 bits per heavy atom. The Morgan fingerprint density at radius 1 is 1.41 bits per heavy atom. The lowest BCUT2D eigenvalue weighted by molar-refractivity contribution is 0.411. The average molecular weight is 232 g/mol. The minimum Gasteiger partial charge on any atom is -0.496 e. The molecule has 0 aliphatic carbocycles. The molecule has 1 aromatic rings. The van der Waals surface area contributed by atoms with Crippen molar-refractivity contribution in [2.75, 3.05) is 7.11 Å². The molecular weight excluding hydrogens is 212 g/mol. The van der Waals surface area contributed by atoms with Gasteiger partial charge in [0.15, 0.2) is 0 Å². The molecule has 0 radical (unpaired) electrons. The van der Waals surface area contributed by atoms with Crippen molar-refractivity contribution in [3.8, 4) is 5.75 Å². The summed E-state index contributed by atoms with van der Waals surface area (Å²) in [6.07, 6.45) is 3.39.